The van der Waals surface area contributed by atoms with E-state index in [0.29, 0.717) is 12.3 Å². The lowest BCUT2D eigenvalue weighted by Gasteiger charge is -2.07. The molecule has 1 aromatic heterocycles. The van der Waals surface area contributed by atoms with Crippen LogP contribution in [0.15, 0.2) is 18.3 Å². The van der Waals surface area contributed by atoms with Gasteiger partial charge >= 0.3 is 6.09 Å². The van der Waals surface area contributed by atoms with E-state index in [0.717, 1.165) is 25.4 Å². The zero-order valence-corrected chi connectivity index (χ0v) is 10.7. The van der Waals surface area contributed by atoms with Crippen LogP contribution in [0.5, 0.6) is 0 Å². The van der Waals surface area contributed by atoms with Crippen LogP contribution < -0.4 is 10.6 Å². The maximum atomic E-state index is 11.2. The number of amides is 1. The number of hydrogen-bond acceptors (Lipinski definition) is 5. The first-order valence-corrected chi connectivity index (χ1v) is 5.89. The predicted octanol–water partition coefficient (Wildman–Crippen LogP) is 2.10. The van der Waals surface area contributed by atoms with Crippen molar-refractivity contribution in [2.24, 2.45) is 0 Å². The number of methoxy groups -OCH3 is 1. The van der Waals surface area contributed by atoms with Gasteiger partial charge in [-0.25, -0.2) is 9.78 Å². The first-order chi connectivity index (χ1) is 8.76. The fourth-order valence-electron chi connectivity index (χ4n) is 1.29. The molecule has 0 fully saturated rings. The van der Waals surface area contributed by atoms with E-state index in [2.05, 4.69) is 15.6 Å². The molecule has 0 spiro atoms. The Morgan fingerprint density at radius 3 is 2.89 bits per heavy atom. The van der Waals surface area contributed by atoms with E-state index in [4.69, 9.17) is 9.47 Å². The third-order valence-electron chi connectivity index (χ3n) is 2.12. The van der Waals surface area contributed by atoms with Crippen molar-refractivity contribution in [2.75, 3.05) is 37.5 Å². The summed E-state index contributed by atoms with van der Waals surface area (Å²) in [5.74, 6) is 0.764. The molecule has 0 aliphatic heterocycles. The Hall–Kier alpha value is -1.82. The third kappa shape index (κ3) is 5.49. The molecule has 100 valence electrons. The number of rotatable bonds is 7. The summed E-state index contributed by atoms with van der Waals surface area (Å²) in [6, 6.07) is 3.57. The van der Waals surface area contributed by atoms with Crippen LogP contribution in [0.25, 0.3) is 0 Å². The molecule has 1 rings (SSSR count). The number of pyridine rings is 1. The SMILES string of the molecule is CCOC(=O)Nc1ccc(NCCCOC)nc1. The Balaban J connectivity index is 2.35. The number of hydrogen-bond donors (Lipinski definition) is 2. The normalized spacial score (nSPS) is 9.89. The second-order valence-corrected chi connectivity index (χ2v) is 3.55. The topological polar surface area (TPSA) is 72.5 Å². The number of carbonyl (C=O) groups excluding carboxylic acids is 1. The zero-order chi connectivity index (χ0) is 13.2. The molecule has 0 aliphatic carbocycles. The molecular formula is C12H19N3O3. The Labute approximate surface area is 107 Å². The molecule has 0 atom stereocenters. The minimum atomic E-state index is -0.472. The molecular weight excluding hydrogens is 234 g/mol. The summed E-state index contributed by atoms with van der Waals surface area (Å²) >= 11 is 0. The monoisotopic (exact) mass is 253 g/mol. The van der Waals surface area contributed by atoms with E-state index in [1.165, 1.54) is 0 Å². The molecule has 18 heavy (non-hydrogen) atoms. The van der Waals surface area contributed by atoms with Crippen LogP contribution in [0.2, 0.25) is 0 Å². The Morgan fingerprint density at radius 1 is 1.44 bits per heavy atom. The van der Waals surface area contributed by atoms with Crippen molar-refractivity contribution in [3.63, 3.8) is 0 Å². The minimum Gasteiger partial charge on any atom is -0.450 e. The van der Waals surface area contributed by atoms with Crippen LogP contribution >= 0.6 is 0 Å². The van der Waals surface area contributed by atoms with Gasteiger partial charge in [-0.15, -0.1) is 0 Å². The van der Waals surface area contributed by atoms with Gasteiger partial charge in [-0.1, -0.05) is 0 Å². The van der Waals surface area contributed by atoms with E-state index in [1.54, 1.807) is 32.4 Å². The zero-order valence-electron chi connectivity index (χ0n) is 10.7. The molecule has 0 unspecified atom stereocenters. The number of anilines is 2. The summed E-state index contributed by atoms with van der Waals surface area (Å²) in [6.45, 7) is 3.62. The van der Waals surface area contributed by atoms with E-state index in [9.17, 15) is 4.79 Å². The first kappa shape index (κ1) is 14.2. The van der Waals surface area contributed by atoms with Crippen LogP contribution in [0.4, 0.5) is 16.3 Å². The fraction of sp³-hybridized carbons (Fsp3) is 0.500. The van der Waals surface area contributed by atoms with Gasteiger partial charge in [-0.05, 0) is 25.5 Å². The average Bonchev–Trinajstić information content (AvgIpc) is 2.37. The lowest BCUT2D eigenvalue weighted by Crippen LogP contribution is -2.13. The van der Waals surface area contributed by atoms with Crippen LogP contribution in [0, 0.1) is 0 Å². The van der Waals surface area contributed by atoms with Gasteiger partial charge in [0.05, 0.1) is 18.5 Å². The van der Waals surface area contributed by atoms with E-state index < -0.39 is 6.09 Å². The maximum absolute atomic E-state index is 11.2. The lowest BCUT2D eigenvalue weighted by molar-refractivity contribution is 0.168. The smallest absolute Gasteiger partial charge is 0.411 e. The molecule has 0 bridgehead atoms. The number of carbonyl (C=O) groups is 1. The highest BCUT2D eigenvalue weighted by Gasteiger charge is 2.01. The van der Waals surface area contributed by atoms with Crippen LogP contribution in [0.3, 0.4) is 0 Å². The molecule has 0 radical (unpaired) electrons. The predicted molar refractivity (Wildman–Crippen MR) is 69.9 cm³/mol. The summed E-state index contributed by atoms with van der Waals surface area (Å²) in [6.07, 6.45) is 2.02. The second kappa shape index (κ2) is 8.30. The molecule has 6 heteroatoms. The lowest BCUT2D eigenvalue weighted by atomic mass is 10.4. The minimum absolute atomic E-state index is 0.346. The first-order valence-electron chi connectivity index (χ1n) is 5.89. The van der Waals surface area contributed by atoms with E-state index in [1.807, 2.05) is 0 Å². The molecule has 0 saturated heterocycles. The second-order valence-electron chi connectivity index (χ2n) is 3.55. The summed E-state index contributed by atoms with van der Waals surface area (Å²) in [5.41, 5.74) is 0.607. The highest BCUT2D eigenvalue weighted by molar-refractivity contribution is 5.84. The van der Waals surface area contributed by atoms with Crippen molar-refractivity contribution in [1.82, 2.24) is 4.98 Å². The average molecular weight is 253 g/mol. The molecule has 0 saturated carbocycles. The quantitative estimate of drug-likeness (QED) is 0.728. The van der Waals surface area contributed by atoms with Crippen LogP contribution in [0.1, 0.15) is 13.3 Å². The van der Waals surface area contributed by atoms with E-state index in [-0.39, 0.29) is 0 Å². The largest absolute Gasteiger partial charge is 0.450 e. The Bertz CT molecular complexity index is 354. The molecule has 6 nitrogen and oxygen atoms in total. The van der Waals surface area contributed by atoms with Gasteiger partial charge in [0.15, 0.2) is 0 Å². The Kier molecular flexibility index (Phi) is 6.56. The highest BCUT2D eigenvalue weighted by atomic mass is 16.5. The molecule has 2 N–H and O–H groups in total. The van der Waals surface area contributed by atoms with E-state index >= 15 is 0 Å². The molecule has 0 aromatic carbocycles. The van der Waals surface area contributed by atoms with Gasteiger partial charge in [0.2, 0.25) is 0 Å². The summed E-state index contributed by atoms with van der Waals surface area (Å²) in [4.78, 5) is 15.3. The van der Waals surface area contributed by atoms with Crippen molar-refractivity contribution in [3.05, 3.63) is 18.3 Å². The molecule has 1 aromatic rings. The molecule has 1 heterocycles. The number of ether oxygens (including phenoxy) is 2. The van der Waals surface area contributed by atoms with Crippen LogP contribution in [-0.4, -0.2) is 37.9 Å². The van der Waals surface area contributed by atoms with Gasteiger partial charge in [0.1, 0.15) is 5.82 Å². The van der Waals surface area contributed by atoms with Crippen molar-refractivity contribution < 1.29 is 14.3 Å². The standard InChI is InChI=1S/C12H19N3O3/c1-3-18-12(16)15-10-5-6-11(14-9-10)13-7-4-8-17-2/h5-6,9H,3-4,7-8H2,1-2H3,(H,13,14)(H,15,16). The number of nitrogens with zero attached hydrogens (tertiary/aromatic N) is 1. The van der Waals surface area contributed by atoms with Gasteiger partial charge in [0.25, 0.3) is 0 Å². The fourth-order valence-corrected chi connectivity index (χ4v) is 1.29. The number of nitrogens with one attached hydrogen (secondary N) is 2. The van der Waals surface area contributed by atoms with Gasteiger partial charge < -0.3 is 14.8 Å². The Morgan fingerprint density at radius 2 is 2.28 bits per heavy atom. The summed E-state index contributed by atoms with van der Waals surface area (Å²) in [7, 11) is 1.67. The van der Waals surface area contributed by atoms with Crippen molar-refractivity contribution in [1.29, 1.82) is 0 Å². The number of aromatic nitrogens is 1. The van der Waals surface area contributed by atoms with Gasteiger partial charge in [0, 0.05) is 20.3 Å². The molecule has 1 amide bonds. The van der Waals surface area contributed by atoms with Crippen molar-refractivity contribution >= 4 is 17.6 Å². The highest BCUT2D eigenvalue weighted by Crippen LogP contribution is 2.09. The third-order valence-corrected chi connectivity index (χ3v) is 2.12. The van der Waals surface area contributed by atoms with Gasteiger partial charge in [-0.3, -0.25) is 5.32 Å². The van der Waals surface area contributed by atoms with Gasteiger partial charge in [-0.2, -0.15) is 0 Å². The summed E-state index contributed by atoms with van der Waals surface area (Å²) < 4.78 is 9.70. The maximum Gasteiger partial charge on any atom is 0.411 e. The van der Waals surface area contributed by atoms with Crippen molar-refractivity contribution in [3.8, 4) is 0 Å². The van der Waals surface area contributed by atoms with Crippen molar-refractivity contribution in [2.45, 2.75) is 13.3 Å². The van der Waals surface area contributed by atoms with Crippen LogP contribution in [-0.2, 0) is 9.47 Å². The molecule has 0 aliphatic rings. The summed E-state index contributed by atoms with van der Waals surface area (Å²) in [5, 5.41) is 5.73.